The Hall–Kier alpha value is -0.570. The second kappa shape index (κ2) is 5.35. The van der Waals surface area contributed by atoms with Crippen molar-refractivity contribution in [3.05, 3.63) is 0 Å². The first-order chi connectivity index (χ1) is 6.63. The zero-order chi connectivity index (χ0) is 10.6. The topological polar surface area (TPSA) is 38.3 Å². The monoisotopic (exact) mass is 199 g/mol. The third-order valence-corrected chi connectivity index (χ3v) is 2.52. The highest BCUT2D eigenvalue weighted by Crippen LogP contribution is 2.20. The molecule has 3 nitrogen and oxygen atoms in total. The molecule has 0 radical (unpaired) electrons. The first-order valence-corrected chi connectivity index (χ1v) is 5.44. The molecule has 0 bridgehead atoms. The van der Waals surface area contributed by atoms with Gasteiger partial charge in [-0.05, 0) is 25.2 Å². The molecule has 0 spiro atoms. The summed E-state index contributed by atoms with van der Waals surface area (Å²) >= 11 is 0. The van der Waals surface area contributed by atoms with Gasteiger partial charge < -0.3 is 10.1 Å². The van der Waals surface area contributed by atoms with Gasteiger partial charge in [-0.25, -0.2) is 0 Å². The summed E-state index contributed by atoms with van der Waals surface area (Å²) in [5.74, 6) is 0.493. The molecule has 1 rings (SSSR count). The van der Waals surface area contributed by atoms with Gasteiger partial charge in [-0.2, -0.15) is 0 Å². The van der Waals surface area contributed by atoms with Crippen molar-refractivity contribution in [3.63, 3.8) is 0 Å². The maximum absolute atomic E-state index is 11.4. The van der Waals surface area contributed by atoms with E-state index in [1.807, 2.05) is 0 Å². The van der Waals surface area contributed by atoms with Gasteiger partial charge in [0.05, 0.1) is 13.0 Å². The van der Waals surface area contributed by atoms with Crippen molar-refractivity contribution >= 4 is 5.97 Å². The number of hydrogen-bond donors (Lipinski definition) is 1. The fourth-order valence-corrected chi connectivity index (χ4v) is 1.59. The first kappa shape index (κ1) is 11.5. The fraction of sp³-hybridized carbons (Fsp3) is 0.909. The highest BCUT2D eigenvalue weighted by atomic mass is 16.5. The lowest BCUT2D eigenvalue weighted by Crippen LogP contribution is -2.31. The van der Waals surface area contributed by atoms with Gasteiger partial charge in [-0.3, -0.25) is 4.79 Å². The molecule has 14 heavy (non-hydrogen) atoms. The van der Waals surface area contributed by atoms with Crippen LogP contribution in [0, 0.1) is 11.8 Å². The lowest BCUT2D eigenvalue weighted by Gasteiger charge is -2.17. The van der Waals surface area contributed by atoms with E-state index in [9.17, 15) is 4.79 Å². The van der Waals surface area contributed by atoms with Gasteiger partial charge >= 0.3 is 5.97 Å². The molecule has 1 unspecified atom stereocenters. The smallest absolute Gasteiger partial charge is 0.309 e. The largest absolute Gasteiger partial charge is 0.469 e. The van der Waals surface area contributed by atoms with E-state index in [4.69, 9.17) is 4.74 Å². The minimum absolute atomic E-state index is 0.0283. The summed E-state index contributed by atoms with van der Waals surface area (Å²) in [6.45, 7) is 5.04. The van der Waals surface area contributed by atoms with Crippen molar-refractivity contribution in [1.82, 2.24) is 5.32 Å². The fourth-order valence-electron chi connectivity index (χ4n) is 1.59. The highest BCUT2D eigenvalue weighted by molar-refractivity contribution is 5.72. The molecule has 82 valence electrons. The predicted octanol–water partition coefficient (Wildman–Crippen LogP) is 1.57. The molecule has 0 amide bonds. The number of carbonyl (C=O) groups excluding carboxylic acids is 1. The molecular weight excluding hydrogens is 178 g/mol. The Bertz CT molecular complexity index is 188. The summed E-state index contributed by atoms with van der Waals surface area (Å²) in [7, 11) is 1.47. The van der Waals surface area contributed by atoms with Crippen LogP contribution in [0.4, 0.5) is 0 Å². The van der Waals surface area contributed by atoms with Gasteiger partial charge in [0, 0.05) is 12.6 Å². The standard InChI is InChI=1S/C11H21NO2/c1-8(2)6-9(11(13)14-3)7-12-10-4-5-10/h8-10,12H,4-7H2,1-3H3. The number of ether oxygens (including phenoxy) is 1. The second-order valence-electron chi connectivity index (χ2n) is 4.53. The molecule has 3 heteroatoms. The van der Waals surface area contributed by atoms with E-state index in [0.717, 1.165) is 13.0 Å². The average Bonchev–Trinajstić information content (AvgIpc) is 2.93. The Morgan fingerprint density at radius 2 is 2.14 bits per heavy atom. The zero-order valence-corrected chi connectivity index (χ0v) is 9.38. The molecule has 1 aliphatic carbocycles. The van der Waals surface area contributed by atoms with E-state index in [-0.39, 0.29) is 11.9 Å². The number of nitrogens with one attached hydrogen (secondary N) is 1. The first-order valence-electron chi connectivity index (χ1n) is 5.44. The van der Waals surface area contributed by atoms with Crippen LogP contribution in [0.1, 0.15) is 33.1 Å². The molecule has 0 aliphatic heterocycles. The summed E-state index contributed by atoms with van der Waals surface area (Å²) < 4.78 is 4.79. The summed E-state index contributed by atoms with van der Waals surface area (Å²) in [6, 6.07) is 0.661. The van der Waals surface area contributed by atoms with Crippen molar-refractivity contribution in [2.45, 2.75) is 39.2 Å². The van der Waals surface area contributed by atoms with Crippen LogP contribution >= 0.6 is 0 Å². The van der Waals surface area contributed by atoms with Gasteiger partial charge in [0.25, 0.3) is 0 Å². The maximum atomic E-state index is 11.4. The Balaban J connectivity index is 2.29. The van der Waals surface area contributed by atoms with E-state index in [1.165, 1.54) is 20.0 Å². The average molecular weight is 199 g/mol. The van der Waals surface area contributed by atoms with E-state index >= 15 is 0 Å². The van der Waals surface area contributed by atoms with E-state index in [0.29, 0.717) is 12.0 Å². The van der Waals surface area contributed by atoms with Crippen LogP contribution in [0.2, 0.25) is 0 Å². The lowest BCUT2D eigenvalue weighted by atomic mass is 9.97. The Labute approximate surface area is 86.2 Å². The quantitative estimate of drug-likeness (QED) is 0.660. The van der Waals surface area contributed by atoms with Crippen molar-refractivity contribution in [1.29, 1.82) is 0 Å². The van der Waals surface area contributed by atoms with Gasteiger partial charge in [0.15, 0.2) is 0 Å². The summed E-state index contributed by atoms with van der Waals surface area (Å²) in [5.41, 5.74) is 0. The van der Waals surface area contributed by atoms with E-state index < -0.39 is 0 Å². The molecule has 1 aliphatic rings. The van der Waals surface area contributed by atoms with Crippen LogP contribution in [0.5, 0.6) is 0 Å². The molecule has 1 N–H and O–H groups in total. The van der Waals surface area contributed by atoms with Crippen LogP contribution in [-0.2, 0) is 9.53 Å². The Morgan fingerprint density at radius 1 is 1.50 bits per heavy atom. The Kier molecular flexibility index (Phi) is 4.39. The number of carbonyl (C=O) groups is 1. The molecule has 0 heterocycles. The molecule has 0 aromatic heterocycles. The Morgan fingerprint density at radius 3 is 2.57 bits per heavy atom. The SMILES string of the molecule is COC(=O)C(CNC1CC1)CC(C)C. The van der Waals surface area contributed by atoms with Crippen LogP contribution in [0.3, 0.4) is 0 Å². The molecule has 0 aromatic carbocycles. The molecule has 1 fully saturated rings. The van der Waals surface area contributed by atoms with Crippen LogP contribution < -0.4 is 5.32 Å². The molecule has 1 atom stereocenters. The van der Waals surface area contributed by atoms with Crippen molar-refractivity contribution in [3.8, 4) is 0 Å². The van der Waals surface area contributed by atoms with Crippen molar-refractivity contribution < 1.29 is 9.53 Å². The minimum Gasteiger partial charge on any atom is -0.469 e. The second-order valence-corrected chi connectivity index (χ2v) is 4.53. The van der Waals surface area contributed by atoms with Gasteiger partial charge in [-0.1, -0.05) is 13.8 Å². The maximum Gasteiger partial charge on any atom is 0.309 e. The van der Waals surface area contributed by atoms with Crippen molar-refractivity contribution in [2.75, 3.05) is 13.7 Å². The summed E-state index contributed by atoms with van der Waals surface area (Å²) in [6.07, 6.45) is 3.43. The highest BCUT2D eigenvalue weighted by Gasteiger charge is 2.25. The number of esters is 1. The van der Waals surface area contributed by atoms with Crippen LogP contribution in [0.15, 0.2) is 0 Å². The van der Waals surface area contributed by atoms with Crippen LogP contribution in [0.25, 0.3) is 0 Å². The third-order valence-electron chi connectivity index (χ3n) is 2.52. The normalized spacial score (nSPS) is 18.3. The number of rotatable bonds is 6. The van der Waals surface area contributed by atoms with E-state index in [1.54, 1.807) is 0 Å². The number of hydrogen-bond acceptors (Lipinski definition) is 3. The zero-order valence-electron chi connectivity index (χ0n) is 9.38. The molecule has 0 saturated heterocycles. The van der Waals surface area contributed by atoms with Crippen molar-refractivity contribution in [2.24, 2.45) is 11.8 Å². The van der Waals surface area contributed by atoms with Crippen LogP contribution in [-0.4, -0.2) is 25.7 Å². The third kappa shape index (κ3) is 4.09. The predicted molar refractivity (Wildman–Crippen MR) is 56.0 cm³/mol. The number of methoxy groups -OCH3 is 1. The molecule has 0 aromatic rings. The molecule has 1 saturated carbocycles. The van der Waals surface area contributed by atoms with Gasteiger partial charge in [0.2, 0.25) is 0 Å². The van der Waals surface area contributed by atoms with E-state index in [2.05, 4.69) is 19.2 Å². The minimum atomic E-state index is -0.0770. The molecular formula is C11H21NO2. The van der Waals surface area contributed by atoms with Gasteiger partial charge in [-0.15, -0.1) is 0 Å². The summed E-state index contributed by atoms with van der Waals surface area (Å²) in [5, 5.41) is 3.38. The summed E-state index contributed by atoms with van der Waals surface area (Å²) in [4.78, 5) is 11.4. The lowest BCUT2D eigenvalue weighted by molar-refractivity contribution is -0.145. The van der Waals surface area contributed by atoms with Gasteiger partial charge in [0.1, 0.15) is 0 Å².